The van der Waals surface area contributed by atoms with Crippen molar-refractivity contribution in [2.24, 2.45) is 11.5 Å². The molecule has 0 aliphatic carbocycles. The Labute approximate surface area is 127 Å². The molecule has 0 aliphatic rings. The Kier molecular flexibility index (Phi) is 105. The predicted octanol–water partition coefficient (Wildman–Crippen LogP) is -0.369. The minimum atomic E-state index is 0.250. The fourth-order valence-electron chi connectivity index (χ4n) is 0.144. The van der Waals surface area contributed by atoms with Crippen LogP contribution in [0.3, 0.4) is 0 Å². The lowest BCUT2D eigenvalue weighted by atomic mass is 10.3. The number of hydrogen-bond donors (Lipinski definition) is 5. The van der Waals surface area contributed by atoms with Gasteiger partial charge in [-0.25, -0.2) is 0 Å². The number of rotatable bonds is 4. The highest BCUT2D eigenvalue weighted by Crippen LogP contribution is 1.70. The van der Waals surface area contributed by atoms with Crippen molar-refractivity contribution < 1.29 is 5.11 Å². The van der Waals surface area contributed by atoms with Crippen LogP contribution in [0.1, 0.15) is 27.2 Å². The third-order valence-corrected chi connectivity index (χ3v) is 0.580. The molecular weight excluding hydrogens is 258 g/mol. The van der Waals surface area contributed by atoms with E-state index in [-0.39, 0.29) is 6.61 Å². The monoisotopic (exact) mass is 292 g/mol. The van der Waals surface area contributed by atoms with Crippen molar-refractivity contribution >= 4 is 27.7 Å². The summed E-state index contributed by atoms with van der Waals surface area (Å²) in [5, 5.41) is 12.4. The number of nitrogens with one attached hydrogen (secondary N) is 2. The summed E-state index contributed by atoms with van der Waals surface area (Å²) in [4.78, 5) is 0. The molecule has 0 aromatic rings. The second-order valence-corrected chi connectivity index (χ2v) is 3.73. The SMILES string of the molecule is CCC.CCO.CSC.NCCN.[B]NCCN[B]. The van der Waals surface area contributed by atoms with Gasteiger partial charge in [-0.15, -0.1) is 0 Å². The molecule has 0 spiro atoms. The third kappa shape index (κ3) is 264. The Hall–Kier alpha value is 0.280. The second-order valence-electron chi connectivity index (χ2n) is 2.92. The zero-order valence-corrected chi connectivity index (χ0v) is 14.2. The van der Waals surface area contributed by atoms with Crippen LogP contribution >= 0.6 is 11.8 Å². The number of hydrogen-bond acceptors (Lipinski definition) is 6. The van der Waals surface area contributed by atoms with E-state index in [1.54, 1.807) is 18.7 Å². The second kappa shape index (κ2) is 63.4. The van der Waals surface area contributed by atoms with E-state index < -0.39 is 0 Å². The van der Waals surface area contributed by atoms with Crippen LogP contribution < -0.4 is 21.9 Å². The summed E-state index contributed by atoms with van der Waals surface area (Å²) in [5.41, 5.74) is 9.81. The maximum Gasteiger partial charge on any atom is 0.177 e. The molecule has 8 heteroatoms. The molecule has 116 valence electrons. The lowest BCUT2D eigenvalue weighted by Crippen LogP contribution is -2.23. The van der Waals surface area contributed by atoms with E-state index in [1.807, 2.05) is 12.5 Å². The Morgan fingerprint density at radius 3 is 1.16 bits per heavy atom. The Morgan fingerprint density at radius 1 is 0.947 bits per heavy atom. The highest BCUT2D eigenvalue weighted by atomic mass is 32.2. The van der Waals surface area contributed by atoms with Crippen LogP contribution in [-0.2, 0) is 0 Å². The lowest BCUT2D eigenvalue weighted by molar-refractivity contribution is 0.318. The Morgan fingerprint density at radius 2 is 1.11 bits per heavy atom. The van der Waals surface area contributed by atoms with Crippen LogP contribution in [0.15, 0.2) is 0 Å². The number of thioether (sulfide) groups is 1. The highest BCUT2D eigenvalue weighted by molar-refractivity contribution is 7.97. The summed E-state index contributed by atoms with van der Waals surface area (Å²) < 4.78 is 0. The Balaban J connectivity index is -0.0000000448. The van der Waals surface area contributed by atoms with E-state index in [2.05, 4.69) is 24.3 Å². The molecule has 7 N–H and O–H groups in total. The van der Waals surface area contributed by atoms with Crippen LogP contribution in [0, 0.1) is 0 Å². The van der Waals surface area contributed by atoms with E-state index in [9.17, 15) is 0 Å². The molecule has 0 aliphatic heterocycles. The summed E-state index contributed by atoms with van der Waals surface area (Å²) in [5.74, 6) is 0. The minimum Gasteiger partial charge on any atom is -0.397 e. The van der Waals surface area contributed by atoms with Gasteiger partial charge in [-0.2, -0.15) is 11.8 Å². The van der Waals surface area contributed by atoms with Crippen LogP contribution in [0.25, 0.3) is 0 Å². The van der Waals surface area contributed by atoms with Gasteiger partial charge >= 0.3 is 0 Å². The van der Waals surface area contributed by atoms with Crippen LogP contribution in [0.5, 0.6) is 0 Å². The first kappa shape index (κ1) is 31.6. The van der Waals surface area contributed by atoms with Crippen molar-refractivity contribution in [1.82, 2.24) is 10.5 Å². The molecular formula is C11H34B2N4OS. The van der Waals surface area contributed by atoms with E-state index in [0.717, 1.165) is 0 Å². The average Bonchev–Trinajstić information content (AvgIpc) is 2.39. The van der Waals surface area contributed by atoms with Crippen molar-refractivity contribution in [2.45, 2.75) is 27.2 Å². The predicted molar refractivity (Wildman–Crippen MR) is 93.8 cm³/mol. The van der Waals surface area contributed by atoms with Gasteiger partial charge in [0.25, 0.3) is 0 Å². The molecule has 0 rings (SSSR count). The van der Waals surface area contributed by atoms with Gasteiger partial charge in [0.05, 0.1) is 0 Å². The maximum absolute atomic E-state index is 7.57. The van der Waals surface area contributed by atoms with Gasteiger partial charge in [0.2, 0.25) is 0 Å². The first-order chi connectivity index (χ1) is 9.07. The van der Waals surface area contributed by atoms with Gasteiger partial charge in [0.15, 0.2) is 16.0 Å². The van der Waals surface area contributed by atoms with Crippen molar-refractivity contribution in [3.63, 3.8) is 0 Å². The highest BCUT2D eigenvalue weighted by Gasteiger charge is 1.71. The molecule has 4 radical (unpaired) electrons. The third-order valence-electron chi connectivity index (χ3n) is 0.580. The van der Waals surface area contributed by atoms with Gasteiger partial charge in [-0.05, 0) is 32.5 Å². The largest absolute Gasteiger partial charge is 0.397 e. The van der Waals surface area contributed by atoms with Gasteiger partial charge < -0.3 is 27.0 Å². The Bertz CT molecular complexity index is 79.0. The molecule has 19 heavy (non-hydrogen) atoms. The average molecular weight is 292 g/mol. The van der Waals surface area contributed by atoms with E-state index in [0.29, 0.717) is 26.2 Å². The molecule has 0 fully saturated rings. The number of nitrogens with two attached hydrogens (primary N) is 2. The summed E-state index contributed by atoms with van der Waals surface area (Å²) >= 11 is 1.75. The van der Waals surface area contributed by atoms with Crippen LogP contribution in [-0.4, -0.2) is 66.4 Å². The summed E-state index contributed by atoms with van der Waals surface area (Å²) in [6.07, 6.45) is 5.33. The van der Waals surface area contributed by atoms with E-state index in [4.69, 9.17) is 32.5 Å². The molecule has 0 atom stereocenters. The smallest absolute Gasteiger partial charge is 0.177 e. The minimum absolute atomic E-state index is 0.250. The zero-order chi connectivity index (χ0) is 16.4. The van der Waals surface area contributed by atoms with E-state index >= 15 is 0 Å². The first-order valence-electron chi connectivity index (χ1n) is 6.35. The molecule has 0 saturated carbocycles. The zero-order valence-electron chi connectivity index (χ0n) is 13.4. The van der Waals surface area contributed by atoms with Crippen molar-refractivity contribution in [2.75, 3.05) is 45.3 Å². The van der Waals surface area contributed by atoms with E-state index in [1.165, 1.54) is 6.42 Å². The van der Waals surface area contributed by atoms with Gasteiger partial charge in [-0.3, -0.25) is 0 Å². The summed E-state index contributed by atoms with van der Waals surface area (Å²) in [7, 11) is 9.74. The lowest BCUT2D eigenvalue weighted by Gasteiger charge is -1.93. The molecule has 0 amide bonds. The maximum atomic E-state index is 7.57. The molecule has 0 unspecified atom stereocenters. The molecule has 5 nitrogen and oxygen atoms in total. The van der Waals surface area contributed by atoms with Crippen molar-refractivity contribution in [1.29, 1.82) is 0 Å². The molecule has 0 bridgehead atoms. The van der Waals surface area contributed by atoms with Crippen LogP contribution in [0.4, 0.5) is 0 Å². The van der Waals surface area contributed by atoms with Crippen molar-refractivity contribution in [3.8, 4) is 0 Å². The standard InChI is InChI=1S/C3H8.C2H6B2N2.C2H8N2.C2H6O.C2H6S/c1-3-2;3-5-1-2-6-4;3-1-2-4;1-2-3;1-3-2/h3H2,1-2H3;5-6H,1-2H2;1-4H2;3H,2H2,1H3;1-2H3. The van der Waals surface area contributed by atoms with Crippen molar-refractivity contribution in [3.05, 3.63) is 0 Å². The topological polar surface area (TPSA) is 96.3 Å². The van der Waals surface area contributed by atoms with Crippen LogP contribution in [0.2, 0.25) is 0 Å². The molecule has 0 aromatic heterocycles. The molecule has 0 saturated heterocycles. The number of aliphatic hydroxyl groups excluding tert-OH is 1. The quantitative estimate of drug-likeness (QED) is 0.358. The first-order valence-corrected chi connectivity index (χ1v) is 7.99. The fourth-order valence-corrected chi connectivity index (χ4v) is 0.144. The van der Waals surface area contributed by atoms with Gasteiger partial charge in [-0.1, -0.05) is 20.3 Å². The molecule has 0 aromatic carbocycles. The summed E-state index contributed by atoms with van der Waals surface area (Å²) in [6.45, 7) is 8.78. The summed E-state index contributed by atoms with van der Waals surface area (Å²) in [6, 6.07) is 0. The van der Waals surface area contributed by atoms with Gasteiger partial charge in [0.1, 0.15) is 0 Å². The normalized spacial score (nSPS) is 7.16. The molecule has 0 heterocycles. The fraction of sp³-hybridized carbons (Fsp3) is 1.00. The number of aliphatic hydroxyl groups is 1. The van der Waals surface area contributed by atoms with Gasteiger partial charge in [0, 0.05) is 19.7 Å².